The Balaban J connectivity index is 2.51. The van der Waals surface area contributed by atoms with Crippen molar-refractivity contribution in [1.82, 2.24) is 15.3 Å². The van der Waals surface area contributed by atoms with Gasteiger partial charge >= 0.3 is 0 Å². The van der Waals surface area contributed by atoms with Gasteiger partial charge in [0.05, 0.1) is 0 Å². The Morgan fingerprint density at radius 1 is 1.60 bits per heavy atom. The van der Waals surface area contributed by atoms with Crippen molar-refractivity contribution in [3.63, 3.8) is 0 Å². The molecule has 1 heterocycles. The van der Waals surface area contributed by atoms with Crippen LogP contribution in [0.15, 0.2) is 10.9 Å². The van der Waals surface area contributed by atoms with E-state index in [1.807, 2.05) is 0 Å². The smallest absolute Gasteiger partial charge is 0.252 e. The van der Waals surface area contributed by atoms with Crippen molar-refractivity contribution in [3.8, 4) is 0 Å². The second-order valence-corrected chi connectivity index (χ2v) is 3.07. The summed E-state index contributed by atoms with van der Waals surface area (Å²) in [7, 11) is 1.58. The number of hydrogen-bond donors (Lipinski definition) is 3. The number of aromatic nitrogens is 2. The average Bonchev–Trinajstić information content (AvgIpc) is 2.16. The highest BCUT2D eigenvalue weighted by Crippen LogP contribution is 1.97. The Morgan fingerprint density at radius 2 is 2.33 bits per heavy atom. The molecule has 0 aliphatic carbocycles. The molecule has 0 aromatic carbocycles. The Labute approximate surface area is 87.1 Å². The number of carbonyl (C=O) groups is 1. The molecular formula is C9H14N4O2. The van der Waals surface area contributed by atoms with E-state index in [1.165, 1.54) is 6.07 Å². The molecule has 0 saturated heterocycles. The topological polar surface area (TPSA) is 86.9 Å². The van der Waals surface area contributed by atoms with Crippen molar-refractivity contribution >= 4 is 11.7 Å². The van der Waals surface area contributed by atoms with E-state index in [2.05, 4.69) is 20.6 Å². The Bertz CT molecular complexity index is 399. The normalized spacial score (nSPS) is 9.73. The number of carbonyl (C=O) groups excluding carboxylic acids is 1. The Hall–Kier alpha value is -1.85. The maximum absolute atomic E-state index is 11.0. The van der Waals surface area contributed by atoms with E-state index in [4.69, 9.17) is 0 Å². The van der Waals surface area contributed by atoms with E-state index in [0.717, 1.165) is 0 Å². The van der Waals surface area contributed by atoms with Crippen LogP contribution in [0.5, 0.6) is 0 Å². The number of anilines is 1. The second-order valence-electron chi connectivity index (χ2n) is 3.07. The van der Waals surface area contributed by atoms with Crippen LogP contribution in [-0.2, 0) is 4.79 Å². The van der Waals surface area contributed by atoms with Gasteiger partial charge in [-0.25, -0.2) is 4.98 Å². The maximum Gasteiger partial charge on any atom is 0.252 e. The molecule has 0 aliphatic rings. The molecule has 0 spiro atoms. The number of nitrogens with one attached hydrogen (secondary N) is 3. The van der Waals surface area contributed by atoms with E-state index < -0.39 is 0 Å². The van der Waals surface area contributed by atoms with Gasteiger partial charge in [0.1, 0.15) is 11.6 Å². The first-order valence-corrected chi connectivity index (χ1v) is 4.64. The Morgan fingerprint density at radius 3 is 2.93 bits per heavy atom. The van der Waals surface area contributed by atoms with Crippen LogP contribution in [0.4, 0.5) is 5.82 Å². The minimum atomic E-state index is -0.204. The van der Waals surface area contributed by atoms with Crippen molar-refractivity contribution in [1.29, 1.82) is 0 Å². The van der Waals surface area contributed by atoms with E-state index in [-0.39, 0.29) is 11.5 Å². The number of aryl methyl sites for hydroxylation is 1. The van der Waals surface area contributed by atoms with Crippen LogP contribution in [0.2, 0.25) is 0 Å². The summed E-state index contributed by atoms with van der Waals surface area (Å²) in [4.78, 5) is 28.5. The molecule has 1 amide bonds. The average molecular weight is 210 g/mol. The lowest BCUT2D eigenvalue weighted by Gasteiger charge is -2.04. The number of nitrogens with zero attached hydrogens (tertiary/aromatic N) is 1. The minimum absolute atomic E-state index is 0.0518. The summed E-state index contributed by atoms with van der Waals surface area (Å²) in [5.74, 6) is 0.981. The van der Waals surface area contributed by atoms with Crippen molar-refractivity contribution < 1.29 is 4.79 Å². The van der Waals surface area contributed by atoms with Crippen LogP contribution in [0.3, 0.4) is 0 Å². The molecule has 0 unspecified atom stereocenters. The first-order valence-electron chi connectivity index (χ1n) is 4.64. The molecule has 6 nitrogen and oxygen atoms in total. The third-order valence-corrected chi connectivity index (χ3v) is 1.80. The molecule has 0 atom stereocenters. The molecule has 1 aromatic rings. The molecule has 6 heteroatoms. The van der Waals surface area contributed by atoms with E-state index in [0.29, 0.717) is 24.6 Å². The molecule has 3 N–H and O–H groups in total. The molecule has 1 rings (SSSR count). The first-order chi connectivity index (χ1) is 7.11. The third-order valence-electron chi connectivity index (χ3n) is 1.80. The van der Waals surface area contributed by atoms with Gasteiger partial charge in [0.2, 0.25) is 5.91 Å². The Kier molecular flexibility index (Phi) is 3.84. The summed E-state index contributed by atoms with van der Waals surface area (Å²) >= 11 is 0. The lowest BCUT2D eigenvalue weighted by atomic mass is 10.4. The van der Waals surface area contributed by atoms with E-state index in [1.54, 1.807) is 14.0 Å². The van der Waals surface area contributed by atoms with Crippen LogP contribution in [0.25, 0.3) is 0 Å². The van der Waals surface area contributed by atoms with Gasteiger partial charge in [0.25, 0.3) is 5.56 Å². The number of aromatic amines is 1. The van der Waals surface area contributed by atoms with E-state index >= 15 is 0 Å². The van der Waals surface area contributed by atoms with Crippen LogP contribution >= 0.6 is 0 Å². The zero-order chi connectivity index (χ0) is 11.3. The highest BCUT2D eigenvalue weighted by atomic mass is 16.1. The number of hydrogen-bond acceptors (Lipinski definition) is 4. The zero-order valence-electron chi connectivity index (χ0n) is 8.76. The summed E-state index contributed by atoms with van der Waals surface area (Å²) in [6, 6.07) is 1.36. The predicted octanol–water partition coefficient (Wildman–Crippen LogP) is -0.374. The van der Waals surface area contributed by atoms with Crippen molar-refractivity contribution in [2.45, 2.75) is 13.3 Å². The fourth-order valence-corrected chi connectivity index (χ4v) is 1.10. The predicted molar refractivity (Wildman–Crippen MR) is 56.8 cm³/mol. The van der Waals surface area contributed by atoms with Crippen LogP contribution in [0.1, 0.15) is 12.2 Å². The molecule has 15 heavy (non-hydrogen) atoms. The van der Waals surface area contributed by atoms with E-state index in [9.17, 15) is 9.59 Å². The van der Waals surface area contributed by atoms with Gasteiger partial charge in [0.15, 0.2) is 0 Å². The quantitative estimate of drug-likeness (QED) is 0.632. The lowest BCUT2D eigenvalue weighted by Crippen LogP contribution is -2.21. The lowest BCUT2D eigenvalue weighted by molar-refractivity contribution is -0.120. The third kappa shape index (κ3) is 3.80. The molecule has 0 radical (unpaired) electrons. The monoisotopic (exact) mass is 210 g/mol. The molecule has 0 bridgehead atoms. The highest BCUT2D eigenvalue weighted by molar-refractivity contribution is 5.75. The molecule has 0 fully saturated rings. The number of rotatable bonds is 4. The van der Waals surface area contributed by atoms with Crippen LogP contribution in [-0.4, -0.2) is 29.5 Å². The van der Waals surface area contributed by atoms with Crippen molar-refractivity contribution in [3.05, 3.63) is 22.2 Å². The zero-order valence-corrected chi connectivity index (χ0v) is 8.76. The van der Waals surface area contributed by atoms with Gasteiger partial charge in [-0.05, 0) is 6.92 Å². The summed E-state index contributed by atoms with van der Waals surface area (Å²) in [6.45, 7) is 2.15. The van der Waals surface area contributed by atoms with Crippen molar-refractivity contribution in [2.24, 2.45) is 0 Å². The summed E-state index contributed by atoms with van der Waals surface area (Å²) in [5, 5.41) is 5.41. The molecule has 0 saturated carbocycles. The molecule has 0 aliphatic heterocycles. The van der Waals surface area contributed by atoms with Crippen LogP contribution < -0.4 is 16.2 Å². The summed E-state index contributed by atoms with van der Waals surface area (Å²) < 4.78 is 0. The van der Waals surface area contributed by atoms with Gasteiger partial charge in [-0.1, -0.05) is 0 Å². The van der Waals surface area contributed by atoms with Crippen LogP contribution in [0, 0.1) is 6.92 Å². The standard InChI is InChI=1S/C9H14N4O2/c1-6-12-7(5-9(15)13-6)11-4-3-8(14)10-2/h5H,3-4H2,1-2H3,(H,10,14)(H2,11,12,13,15). The first kappa shape index (κ1) is 11.2. The fraction of sp³-hybridized carbons (Fsp3) is 0.444. The maximum atomic E-state index is 11.0. The van der Waals surface area contributed by atoms with Gasteiger partial charge < -0.3 is 15.6 Å². The second kappa shape index (κ2) is 5.14. The largest absolute Gasteiger partial charge is 0.369 e. The number of amides is 1. The van der Waals surface area contributed by atoms with Crippen molar-refractivity contribution in [2.75, 3.05) is 18.9 Å². The molecule has 82 valence electrons. The van der Waals surface area contributed by atoms with Gasteiger partial charge in [-0.3, -0.25) is 9.59 Å². The number of H-pyrrole nitrogens is 1. The molecule has 1 aromatic heterocycles. The minimum Gasteiger partial charge on any atom is -0.369 e. The van der Waals surface area contributed by atoms with Gasteiger partial charge in [-0.15, -0.1) is 0 Å². The van der Waals surface area contributed by atoms with Gasteiger partial charge in [-0.2, -0.15) is 0 Å². The summed E-state index contributed by atoms with van der Waals surface area (Å²) in [5.41, 5.74) is -0.204. The van der Waals surface area contributed by atoms with Gasteiger partial charge in [0, 0.05) is 26.1 Å². The SMILES string of the molecule is CNC(=O)CCNc1cc(=O)[nH]c(C)n1. The summed E-state index contributed by atoms with van der Waals surface area (Å²) in [6.07, 6.45) is 0.351. The fourth-order valence-electron chi connectivity index (χ4n) is 1.10. The highest BCUT2D eigenvalue weighted by Gasteiger charge is 1.99. The molecular weight excluding hydrogens is 196 g/mol.